The molecule has 0 radical (unpaired) electrons. The summed E-state index contributed by atoms with van der Waals surface area (Å²) in [6.07, 6.45) is 11.4. The van der Waals surface area contributed by atoms with Crippen molar-refractivity contribution in [1.29, 1.82) is 0 Å². The van der Waals surface area contributed by atoms with Crippen molar-refractivity contribution in [2.24, 2.45) is 11.8 Å². The first kappa shape index (κ1) is 16.3. The van der Waals surface area contributed by atoms with Crippen LogP contribution < -0.4 is 5.32 Å². The first-order valence-corrected chi connectivity index (χ1v) is 9.25. The predicted octanol–water partition coefficient (Wildman–Crippen LogP) is 4.06. The van der Waals surface area contributed by atoms with Gasteiger partial charge in [0.2, 0.25) is 0 Å². The topological polar surface area (TPSA) is 15.3 Å². The lowest BCUT2D eigenvalue weighted by Crippen LogP contribution is -2.55. The quantitative estimate of drug-likeness (QED) is 0.789. The number of nitrogens with zero attached hydrogens (tertiary/aromatic N) is 1. The molecule has 20 heavy (non-hydrogen) atoms. The van der Waals surface area contributed by atoms with Gasteiger partial charge < -0.3 is 5.32 Å². The van der Waals surface area contributed by atoms with E-state index >= 15 is 0 Å². The maximum atomic E-state index is 3.77. The lowest BCUT2D eigenvalue weighted by molar-refractivity contribution is 0.0632. The van der Waals surface area contributed by atoms with E-state index in [-0.39, 0.29) is 0 Å². The molecule has 3 unspecified atom stereocenters. The van der Waals surface area contributed by atoms with E-state index in [4.69, 9.17) is 0 Å². The summed E-state index contributed by atoms with van der Waals surface area (Å²) >= 11 is 0. The summed E-state index contributed by atoms with van der Waals surface area (Å²) in [6.45, 7) is 10.8. The van der Waals surface area contributed by atoms with Crippen molar-refractivity contribution in [2.75, 3.05) is 19.6 Å². The van der Waals surface area contributed by atoms with Crippen LogP contribution in [-0.4, -0.2) is 36.6 Å². The molecule has 1 N–H and O–H groups in total. The zero-order valence-electron chi connectivity index (χ0n) is 14.0. The molecule has 0 aromatic carbocycles. The smallest absolute Gasteiger partial charge is 0.0251 e. The summed E-state index contributed by atoms with van der Waals surface area (Å²) in [7, 11) is 0. The Balaban J connectivity index is 1.89. The molecule has 0 aromatic heterocycles. The second-order valence-electron chi connectivity index (χ2n) is 7.09. The Hall–Kier alpha value is -0.0800. The van der Waals surface area contributed by atoms with Gasteiger partial charge in [0.15, 0.2) is 0 Å². The normalized spacial score (nSPS) is 33.5. The number of likely N-dealkylation sites (N-methyl/N-ethyl adjacent to an activating group) is 1. The van der Waals surface area contributed by atoms with Crippen LogP contribution in [0.25, 0.3) is 0 Å². The molecule has 0 aromatic rings. The van der Waals surface area contributed by atoms with E-state index in [0.29, 0.717) is 0 Å². The summed E-state index contributed by atoms with van der Waals surface area (Å²) in [5.74, 6) is 1.99. The van der Waals surface area contributed by atoms with Gasteiger partial charge in [0, 0.05) is 12.1 Å². The number of hydrogen-bond acceptors (Lipinski definition) is 2. The number of likely N-dealkylation sites (tertiary alicyclic amines) is 1. The van der Waals surface area contributed by atoms with Crippen molar-refractivity contribution >= 4 is 0 Å². The lowest BCUT2D eigenvalue weighted by atomic mass is 9.79. The number of rotatable bonds is 6. The Labute approximate surface area is 126 Å². The van der Waals surface area contributed by atoms with E-state index in [9.17, 15) is 0 Å². The number of piperidine rings is 1. The van der Waals surface area contributed by atoms with Crippen molar-refractivity contribution in [1.82, 2.24) is 10.2 Å². The van der Waals surface area contributed by atoms with E-state index in [1.54, 1.807) is 0 Å². The predicted molar refractivity (Wildman–Crippen MR) is 88.1 cm³/mol. The molecule has 1 aliphatic heterocycles. The zero-order valence-corrected chi connectivity index (χ0v) is 14.0. The van der Waals surface area contributed by atoms with Crippen molar-refractivity contribution in [3.63, 3.8) is 0 Å². The van der Waals surface area contributed by atoms with Crippen LogP contribution in [0.4, 0.5) is 0 Å². The second kappa shape index (κ2) is 8.38. The molecule has 2 nitrogen and oxygen atoms in total. The molecule has 0 bridgehead atoms. The first-order chi connectivity index (χ1) is 9.78. The van der Waals surface area contributed by atoms with Crippen LogP contribution in [-0.2, 0) is 0 Å². The fourth-order valence-corrected chi connectivity index (χ4v) is 4.49. The summed E-state index contributed by atoms with van der Waals surface area (Å²) in [6, 6.07) is 1.57. The highest BCUT2D eigenvalue weighted by Gasteiger charge is 2.34. The fraction of sp³-hybridized carbons (Fsp3) is 1.00. The summed E-state index contributed by atoms with van der Waals surface area (Å²) in [5.41, 5.74) is 0. The third-order valence-corrected chi connectivity index (χ3v) is 5.78. The van der Waals surface area contributed by atoms with E-state index in [1.165, 1.54) is 64.5 Å². The molecule has 1 aliphatic carbocycles. The van der Waals surface area contributed by atoms with E-state index in [0.717, 1.165) is 30.5 Å². The SMILES string of the molecule is CCCC1CCN(C2CC(CC)CCC2NCC)CC1. The minimum absolute atomic E-state index is 0.755. The molecule has 0 spiro atoms. The molecule has 1 heterocycles. The number of nitrogens with one attached hydrogen (secondary N) is 1. The average molecular weight is 281 g/mol. The maximum Gasteiger partial charge on any atom is 0.0251 e. The third kappa shape index (κ3) is 4.21. The minimum Gasteiger partial charge on any atom is -0.313 e. The first-order valence-electron chi connectivity index (χ1n) is 9.25. The Bertz CT molecular complexity index is 258. The van der Waals surface area contributed by atoms with Gasteiger partial charge in [-0.1, -0.05) is 40.0 Å². The maximum absolute atomic E-state index is 3.77. The van der Waals surface area contributed by atoms with Crippen LogP contribution in [0.2, 0.25) is 0 Å². The van der Waals surface area contributed by atoms with E-state index in [2.05, 4.69) is 31.0 Å². The molecule has 3 atom stereocenters. The summed E-state index contributed by atoms with van der Waals surface area (Å²) in [5, 5.41) is 3.77. The molecule has 2 fully saturated rings. The number of hydrogen-bond donors (Lipinski definition) is 1. The van der Waals surface area contributed by atoms with Gasteiger partial charge >= 0.3 is 0 Å². The van der Waals surface area contributed by atoms with Gasteiger partial charge in [-0.15, -0.1) is 0 Å². The molecule has 0 amide bonds. The van der Waals surface area contributed by atoms with Gasteiger partial charge in [-0.05, 0) is 63.6 Å². The highest BCUT2D eigenvalue weighted by atomic mass is 15.2. The highest BCUT2D eigenvalue weighted by molar-refractivity contribution is 4.92. The van der Waals surface area contributed by atoms with Gasteiger partial charge in [0.25, 0.3) is 0 Å². The monoisotopic (exact) mass is 280 g/mol. The Morgan fingerprint density at radius 3 is 2.30 bits per heavy atom. The van der Waals surface area contributed by atoms with Crippen molar-refractivity contribution in [3.05, 3.63) is 0 Å². The van der Waals surface area contributed by atoms with Gasteiger partial charge in [0.05, 0.1) is 0 Å². The van der Waals surface area contributed by atoms with Crippen LogP contribution in [0.1, 0.15) is 72.1 Å². The van der Waals surface area contributed by atoms with Crippen LogP contribution in [0.5, 0.6) is 0 Å². The Kier molecular flexibility index (Phi) is 6.83. The molecule has 118 valence electrons. The molecule has 1 saturated heterocycles. The van der Waals surface area contributed by atoms with E-state index < -0.39 is 0 Å². The fourth-order valence-electron chi connectivity index (χ4n) is 4.49. The van der Waals surface area contributed by atoms with Gasteiger partial charge in [-0.2, -0.15) is 0 Å². The van der Waals surface area contributed by atoms with Crippen LogP contribution in [0.15, 0.2) is 0 Å². The molecule has 2 heteroatoms. The largest absolute Gasteiger partial charge is 0.313 e. The highest BCUT2D eigenvalue weighted by Crippen LogP contribution is 2.33. The second-order valence-corrected chi connectivity index (χ2v) is 7.09. The molecule has 1 saturated carbocycles. The van der Waals surface area contributed by atoms with Gasteiger partial charge in [-0.25, -0.2) is 0 Å². The molecule has 2 aliphatic rings. The minimum atomic E-state index is 0.755. The standard InChI is InChI=1S/C18H36N2/c1-4-7-16-10-12-20(13-11-16)18-14-15(5-2)8-9-17(18)19-6-3/h15-19H,4-14H2,1-3H3. The summed E-state index contributed by atoms with van der Waals surface area (Å²) < 4.78 is 0. The van der Waals surface area contributed by atoms with Gasteiger partial charge in [0.1, 0.15) is 0 Å². The summed E-state index contributed by atoms with van der Waals surface area (Å²) in [4.78, 5) is 2.83. The van der Waals surface area contributed by atoms with Crippen LogP contribution in [0, 0.1) is 11.8 Å². The Morgan fingerprint density at radius 1 is 0.950 bits per heavy atom. The lowest BCUT2D eigenvalue weighted by Gasteiger charge is -2.45. The zero-order chi connectivity index (χ0) is 14.4. The van der Waals surface area contributed by atoms with Crippen molar-refractivity contribution in [3.8, 4) is 0 Å². The van der Waals surface area contributed by atoms with Crippen LogP contribution in [0.3, 0.4) is 0 Å². The molecular formula is C18H36N2. The van der Waals surface area contributed by atoms with Crippen molar-refractivity contribution in [2.45, 2.75) is 84.2 Å². The molecular weight excluding hydrogens is 244 g/mol. The van der Waals surface area contributed by atoms with Crippen LogP contribution >= 0.6 is 0 Å². The third-order valence-electron chi connectivity index (χ3n) is 5.78. The van der Waals surface area contributed by atoms with Crippen molar-refractivity contribution < 1.29 is 0 Å². The molecule has 2 rings (SSSR count). The Morgan fingerprint density at radius 2 is 1.70 bits per heavy atom. The van der Waals surface area contributed by atoms with E-state index in [1.807, 2.05) is 0 Å². The average Bonchev–Trinajstić information content (AvgIpc) is 2.49. The van der Waals surface area contributed by atoms with Gasteiger partial charge in [-0.3, -0.25) is 4.90 Å².